The summed E-state index contributed by atoms with van der Waals surface area (Å²) in [5.41, 5.74) is 2.85. The first-order chi connectivity index (χ1) is 16.6. The molecule has 0 unspecified atom stereocenters. The lowest BCUT2D eigenvalue weighted by Crippen LogP contribution is -2.49. The van der Waals surface area contributed by atoms with E-state index in [1.54, 1.807) is 31.4 Å². The molecule has 0 saturated carbocycles. The highest BCUT2D eigenvalue weighted by atomic mass is 16.5. The molecule has 1 atom stereocenters. The van der Waals surface area contributed by atoms with Crippen LogP contribution < -0.4 is 14.4 Å². The van der Waals surface area contributed by atoms with Crippen LogP contribution in [0.3, 0.4) is 0 Å². The van der Waals surface area contributed by atoms with E-state index in [1.807, 2.05) is 42.5 Å². The number of Topliss-reactive ketones (excluding diaryl/α,β-unsaturated/α-hetero) is 1. The molecule has 0 amide bonds. The number of aliphatic hydroxyl groups excluding tert-OH is 1. The monoisotopic (exact) mass is 460 g/mol. The van der Waals surface area contributed by atoms with Gasteiger partial charge in [-0.15, -0.1) is 0 Å². The minimum atomic E-state index is -0.577. The van der Waals surface area contributed by atoms with Crippen LogP contribution in [-0.2, 0) is 6.42 Å². The first-order valence-corrected chi connectivity index (χ1v) is 11.7. The maximum Gasteiger partial charge on any atom is 0.167 e. The maximum absolute atomic E-state index is 12.5. The average molecular weight is 461 g/mol. The van der Waals surface area contributed by atoms with Gasteiger partial charge in [0.2, 0.25) is 0 Å². The number of anilines is 1. The minimum Gasteiger partial charge on any atom is -0.497 e. The van der Waals surface area contributed by atoms with E-state index in [1.165, 1.54) is 5.69 Å². The van der Waals surface area contributed by atoms with Crippen molar-refractivity contribution in [2.24, 2.45) is 0 Å². The molecule has 0 radical (unpaired) electrons. The number of carbonyl (C=O) groups excluding carboxylic acids is 1. The second-order valence-corrected chi connectivity index (χ2v) is 8.56. The molecule has 178 valence electrons. The number of carbonyl (C=O) groups is 1. The molecule has 0 aromatic heterocycles. The number of hydrogen-bond acceptors (Lipinski definition) is 6. The van der Waals surface area contributed by atoms with Crippen LogP contribution in [-0.4, -0.2) is 68.3 Å². The molecule has 0 bridgehead atoms. The number of piperazine rings is 1. The van der Waals surface area contributed by atoms with E-state index in [-0.39, 0.29) is 12.4 Å². The summed E-state index contributed by atoms with van der Waals surface area (Å²) in [6.45, 7) is 4.40. The van der Waals surface area contributed by atoms with Crippen LogP contribution in [0.15, 0.2) is 78.9 Å². The number of methoxy groups -OCH3 is 1. The van der Waals surface area contributed by atoms with Crippen molar-refractivity contribution in [3.8, 4) is 11.5 Å². The lowest BCUT2D eigenvalue weighted by atomic mass is 10.0. The summed E-state index contributed by atoms with van der Waals surface area (Å²) >= 11 is 0. The van der Waals surface area contributed by atoms with Crippen molar-refractivity contribution in [2.75, 3.05) is 51.3 Å². The molecule has 6 heteroatoms. The van der Waals surface area contributed by atoms with Crippen molar-refractivity contribution in [1.82, 2.24) is 4.90 Å². The quantitative estimate of drug-likeness (QED) is 0.466. The molecule has 3 aromatic rings. The molecule has 34 heavy (non-hydrogen) atoms. The summed E-state index contributed by atoms with van der Waals surface area (Å²) in [6, 6.07) is 25.0. The van der Waals surface area contributed by atoms with E-state index in [4.69, 9.17) is 9.47 Å². The highest BCUT2D eigenvalue weighted by molar-refractivity contribution is 5.97. The van der Waals surface area contributed by atoms with Crippen molar-refractivity contribution < 1.29 is 19.4 Å². The van der Waals surface area contributed by atoms with Gasteiger partial charge in [0.1, 0.15) is 24.2 Å². The van der Waals surface area contributed by atoms with Crippen molar-refractivity contribution in [3.05, 3.63) is 90.0 Å². The fourth-order valence-electron chi connectivity index (χ4n) is 4.15. The molecule has 6 nitrogen and oxygen atoms in total. The van der Waals surface area contributed by atoms with Crippen molar-refractivity contribution in [1.29, 1.82) is 0 Å². The van der Waals surface area contributed by atoms with E-state index in [9.17, 15) is 9.90 Å². The molecule has 3 aromatic carbocycles. The molecule has 1 N–H and O–H groups in total. The number of benzene rings is 3. The second-order valence-electron chi connectivity index (χ2n) is 8.56. The average Bonchev–Trinajstić information content (AvgIpc) is 2.89. The van der Waals surface area contributed by atoms with Crippen molar-refractivity contribution in [3.63, 3.8) is 0 Å². The lowest BCUT2D eigenvalue weighted by Gasteiger charge is -2.36. The molecule has 4 rings (SSSR count). The standard InChI is InChI=1S/C28H32N2O4/c1-33-26-13-9-24(10-14-26)30-17-15-29(16-18-30)20-25(31)21-34-27-11-7-23(8-12-27)28(32)19-22-5-3-2-4-6-22/h2-14,25,31H,15-21H2,1H3/t25-/m1/s1. The zero-order valence-electron chi connectivity index (χ0n) is 19.6. The SMILES string of the molecule is COc1ccc(N2CCN(C[C@@H](O)COc3ccc(C(=O)Cc4ccccc4)cc3)CC2)cc1. The molecule has 1 fully saturated rings. The van der Waals surface area contributed by atoms with Gasteiger partial charge in [0.25, 0.3) is 0 Å². The third-order valence-corrected chi connectivity index (χ3v) is 6.10. The van der Waals surface area contributed by atoms with E-state index in [2.05, 4.69) is 21.9 Å². The van der Waals surface area contributed by atoms with Crippen LogP contribution in [0.1, 0.15) is 15.9 Å². The Bertz CT molecular complexity index is 1030. The summed E-state index contributed by atoms with van der Waals surface area (Å²) in [6.07, 6.45) is -0.196. The Morgan fingerprint density at radius 2 is 1.53 bits per heavy atom. The molecule has 1 aliphatic heterocycles. The van der Waals surface area contributed by atoms with Crippen LogP contribution >= 0.6 is 0 Å². The topological polar surface area (TPSA) is 62.2 Å². The van der Waals surface area contributed by atoms with E-state index in [0.29, 0.717) is 24.3 Å². The first-order valence-electron chi connectivity index (χ1n) is 11.7. The van der Waals surface area contributed by atoms with Crippen LogP contribution in [0.4, 0.5) is 5.69 Å². The summed E-state index contributed by atoms with van der Waals surface area (Å²) in [5.74, 6) is 1.59. The van der Waals surface area contributed by atoms with E-state index >= 15 is 0 Å². The van der Waals surface area contributed by atoms with Crippen LogP contribution in [0.5, 0.6) is 11.5 Å². The van der Waals surface area contributed by atoms with Gasteiger partial charge < -0.3 is 19.5 Å². The van der Waals surface area contributed by atoms with Gasteiger partial charge in [-0.2, -0.15) is 0 Å². The maximum atomic E-state index is 12.5. The predicted octanol–water partition coefficient (Wildman–Crippen LogP) is 3.68. The first kappa shape index (κ1) is 23.8. The Hall–Kier alpha value is -3.35. The Labute approximate surface area is 201 Å². The van der Waals surface area contributed by atoms with Gasteiger partial charge in [0, 0.05) is 50.4 Å². The normalized spacial score (nSPS) is 15.1. The molecular formula is C28H32N2O4. The number of ether oxygens (including phenoxy) is 2. The number of β-amino-alcohol motifs (C(OH)–C–C–N with tert-alkyl or cyclic N) is 1. The molecule has 1 saturated heterocycles. The third kappa shape index (κ3) is 6.59. The number of nitrogens with zero attached hydrogens (tertiary/aromatic N) is 2. The molecule has 1 heterocycles. The Morgan fingerprint density at radius 1 is 0.882 bits per heavy atom. The number of rotatable bonds is 10. The van der Waals surface area contributed by atoms with Crippen LogP contribution in [0.2, 0.25) is 0 Å². The highest BCUT2D eigenvalue weighted by Crippen LogP contribution is 2.21. The number of aliphatic hydroxyl groups is 1. The van der Waals surface area contributed by atoms with Crippen molar-refractivity contribution in [2.45, 2.75) is 12.5 Å². The predicted molar refractivity (Wildman–Crippen MR) is 134 cm³/mol. The molecule has 1 aliphatic rings. The zero-order valence-corrected chi connectivity index (χ0v) is 19.6. The Morgan fingerprint density at radius 3 is 2.18 bits per heavy atom. The summed E-state index contributed by atoms with van der Waals surface area (Å²) in [5, 5.41) is 10.5. The summed E-state index contributed by atoms with van der Waals surface area (Å²) in [4.78, 5) is 17.1. The van der Waals surface area contributed by atoms with Gasteiger partial charge in [0.05, 0.1) is 7.11 Å². The smallest absolute Gasteiger partial charge is 0.167 e. The van der Waals surface area contributed by atoms with Gasteiger partial charge in [-0.05, 0) is 54.1 Å². The van der Waals surface area contributed by atoms with Gasteiger partial charge in [-0.3, -0.25) is 9.69 Å². The summed E-state index contributed by atoms with van der Waals surface area (Å²) in [7, 11) is 1.67. The largest absolute Gasteiger partial charge is 0.497 e. The second kappa shape index (κ2) is 11.7. The van der Waals surface area contributed by atoms with Gasteiger partial charge in [-0.1, -0.05) is 30.3 Å². The van der Waals surface area contributed by atoms with E-state index < -0.39 is 6.10 Å². The third-order valence-electron chi connectivity index (χ3n) is 6.10. The highest BCUT2D eigenvalue weighted by Gasteiger charge is 2.20. The van der Waals surface area contributed by atoms with Gasteiger partial charge in [-0.25, -0.2) is 0 Å². The zero-order chi connectivity index (χ0) is 23.8. The van der Waals surface area contributed by atoms with Crippen LogP contribution in [0, 0.1) is 0 Å². The van der Waals surface area contributed by atoms with E-state index in [0.717, 1.165) is 37.5 Å². The minimum absolute atomic E-state index is 0.0755. The molecule has 0 aliphatic carbocycles. The van der Waals surface area contributed by atoms with Crippen LogP contribution in [0.25, 0.3) is 0 Å². The molecular weight excluding hydrogens is 428 g/mol. The fourth-order valence-corrected chi connectivity index (χ4v) is 4.15. The fraction of sp³-hybridized carbons (Fsp3) is 0.321. The summed E-state index contributed by atoms with van der Waals surface area (Å²) < 4.78 is 11.0. The lowest BCUT2D eigenvalue weighted by molar-refractivity contribution is 0.0663. The Balaban J connectivity index is 1.18. The Kier molecular flexibility index (Phi) is 8.17. The number of ketones is 1. The van der Waals surface area contributed by atoms with Gasteiger partial charge in [0.15, 0.2) is 5.78 Å². The number of hydrogen-bond donors (Lipinski definition) is 1. The molecule has 0 spiro atoms. The van der Waals surface area contributed by atoms with Gasteiger partial charge >= 0.3 is 0 Å². The van der Waals surface area contributed by atoms with Crippen molar-refractivity contribution >= 4 is 11.5 Å².